The number of fused-ring (bicyclic) bond motifs is 1. The number of piperazine rings is 1. The third-order valence-corrected chi connectivity index (χ3v) is 9.29. The lowest BCUT2D eigenvalue weighted by molar-refractivity contribution is 0.240. The first kappa shape index (κ1) is 33.1. The lowest BCUT2D eigenvalue weighted by atomic mass is 9.98. The summed E-state index contributed by atoms with van der Waals surface area (Å²) in [6.07, 6.45) is 11.2. The molecule has 0 radical (unpaired) electrons. The minimum Gasteiger partial charge on any atom is -0.508 e. The van der Waals surface area contributed by atoms with Crippen molar-refractivity contribution in [3.8, 4) is 17.0 Å². The molecule has 0 aliphatic carbocycles. The lowest BCUT2D eigenvalue weighted by Gasteiger charge is -2.39. The van der Waals surface area contributed by atoms with Crippen LogP contribution in [0, 0.1) is 6.92 Å². The first-order chi connectivity index (χ1) is 20.7. The zero-order valence-corrected chi connectivity index (χ0v) is 28.3. The largest absolute Gasteiger partial charge is 0.508 e. The normalized spacial score (nSPS) is 19.9. The van der Waals surface area contributed by atoms with Gasteiger partial charge in [-0.2, -0.15) is 0 Å². The summed E-state index contributed by atoms with van der Waals surface area (Å²) in [6.45, 7) is 15.5. The summed E-state index contributed by atoms with van der Waals surface area (Å²) in [4.78, 5) is 15.1. The molecule has 43 heavy (non-hydrogen) atoms. The molecule has 2 saturated heterocycles. The Balaban J connectivity index is 0.000000628. The van der Waals surface area contributed by atoms with Crippen molar-refractivity contribution in [2.24, 2.45) is 4.99 Å². The number of amidine groups is 1. The quantitative estimate of drug-likeness (QED) is 0.173. The second-order valence-electron chi connectivity index (χ2n) is 12.1. The highest BCUT2D eigenvalue weighted by Gasteiger charge is 2.28. The highest BCUT2D eigenvalue weighted by atomic mass is 31.0. The maximum absolute atomic E-state index is 10.4. The zero-order chi connectivity index (χ0) is 30.9. The number of aliphatic imine (C=N–C) groups is 1. The van der Waals surface area contributed by atoms with E-state index in [4.69, 9.17) is 9.98 Å². The number of hydrogen-bond donors (Lipinski definition) is 2. The molecule has 3 aromatic rings. The second kappa shape index (κ2) is 15.8. The second-order valence-corrected chi connectivity index (χ2v) is 12.7. The molecule has 0 amide bonds. The first-order valence-corrected chi connectivity index (χ1v) is 16.8. The molecule has 2 fully saturated rings. The predicted molar refractivity (Wildman–Crippen MR) is 188 cm³/mol. The van der Waals surface area contributed by atoms with Crippen LogP contribution in [0.1, 0.15) is 77.3 Å². The number of benzene rings is 2. The number of phenols is 1. The third-order valence-electron chi connectivity index (χ3n) is 8.59. The van der Waals surface area contributed by atoms with Crippen LogP contribution in [0.3, 0.4) is 0 Å². The number of rotatable bonds is 7. The van der Waals surface area contributed by atoms with Gasteiger partial charge in [0.25, 0.3) is 0 Å². The number of aromatic hydroxyl groups is 1. The van der Waals surface area contributed by atoms with Crippen LogP contribution in [-0.4, -0.2) is 71.0 Å². The first-order valence-electron chi connectivity index (χ1n) is 16.2. The van der Waals surface area contributed by atoms with Crippen molar-refractivity contribution in [1.29, 1.82) is 0 Å². The summed E-state index contributed by atoms with van der Waals surface area (Å²) in [5.41, 5.74) is 5.15. The fourth-order valence-corrected chi connectivity index (χ4v) is 6.43. The van der Waals surface area contributed by atoms with Gasteiger partial charge in [0.2, 0.25) is 0 Å². The molecule has 2 aromatic carbocycles. The van der Waals surface area contributed by atoms with Crippen LogP contribution in [-0.2, 0) is 0 Å². The minimum atomic E-state index is 0.248. The van der Waals surface area contributed by atoms with E-state index in [0.29, 0.717) is 12.1 Å². The molecule has 3 atom stereocenters. The predicted octanol–water partition coefficient (Wildman–Crippen LogP) is 7.04. The molecule has 6 nitrogen and oxygen atoms in total. The van der Waals surface area contributed by atoms with Gasteiger partial charge in [0.15, 0.2) is 0 Å². The summed E-state index contributed by atoms with van der Waals surface area (Å²) < 4.78 is 0. The van der Waals surface area contributed by atoms with E-state index in [9.17, 15) is 5.11 Å². The molecule has 3 heterocycles. The number of nitrogens with zero attached hydrogens (tertiary/aromatic N) is 4. The number of allylic oxidation sites excluding steroid dienone is 2. The third kappa shape index (κ3) is 8.44. The zero-order valence-electron chi connectivity index (χ0n) is 27.2. The average molecular weight is 602 g/mol. The summed E-state index contributed by atoms with van der Waals surface area (Å²) in [6, 6.07) is 12.6. The smallest absolute Gasteiger partial charge is 0.138 e. The van der Waals surface area contributed by atoms with Crippen molar-refractivity contribution in [3.05, 3.63) is 65.5 Å². The molecular formula is C36H52N5OP. The van der Waals surface area contributed by atoms with Crippen molar-refractivity contribution >= 4 is 31.2 Å². The summed E-state index contributed by atoms with van der Waals surface area (Å²) in [5.74, 6) is 1.26. The van der Waals surface area contributed by atoms with Crippen molar-refractivity contribution in [2.75, 3.05) is 33.2 Å². The van der Waals surface area contributed by atoms with Crippen molar-refractivity contribution < 1.29 is 5.11 Å². The Morgan fingerprint density at radius 1 is 1.14 bits per heavy atom. The number of nitrogens with one attached hydrogen (secondary N) is 1. The standard InChI is InChI=1S/C31H41N4OP.C5H11N/c1-6-9-13-23(7-2)34-31(35-18-20(4)33-24(8-3)19-35)28-17-32-29(30(37)21(28)5)27-16-25(36)15-22-12-10-11-14-26(22)27;1-6-4-2-3-5-6/h10-17,20,24,33,36H,6-9,18-19,37H2,1-5H3;2-5H2,1H3/b23-13+,34-31?;. The van der Waals surface area contributed by atoms with Gasteiger partial charge < -0.3 is 20.2 Å². The molecule has 3 unspecified atom stereocenters. The lowest BCUT2D eigenvalue weighted by Crippen LogP contribution is -2.57. The van der Waals surface area contributed by atoms with E-state index in [0.717, 1.165) is 88.8 Å². The number of aromatic nitrogens is 1. The molecule has 2 aliphatic heterocycles. The Bertz CT molecular complexity index is 1430. The average Bonchev–Trinajstić information content (AvgIpc) is 3.49. The Morgan fingerprint density at radius 2 is 1.88 bits per heavy atom. The number of pyridine rings is 1. The Labute approximate surface area is 261 Å². The van der Waals surface area contributed by atoms with E-state index in [1.807, 2.05) is 30.5 Å². The van der Waals surface area contributed by atoms with Crippen molar-refractivity contribution in [2.45, 2.75) is 85.2 Å². The number of unbranched alkanes of at least 4 members (excludes halogenated alkanes) is 1. The van der Waals surface area contributed by atoms with E-state index in [1.165, 1.54) is 25.9 Å². The topological polar surface area (TPSA) is 64.0 Å². The molecule has 232 valence electrons. The van der Waals surface area contributed by atoms with Crippen molar-refractivity contribution in [3.63, 3.8) is 0 Å². The molecule has 0 spiro atoms. The summed E-state index contributed by atoms with van der Waals surface area (Å²) in [5, 5.41) is 17.3. The van der Waals surface area contributed by atoms with Gasteiger partial charge in [-0.25, -0.2) is 4.99 Å². The molecular weight excluding hydrogens is 549 g/mol. The molecule has 2 N–H and O–H groups in total. The fourth-order valence-electron chi connectivity index (χ4n) is 6.04. The molecule has 0 saturated carbocycles. The van der Waals surface area contributed by atoms with Gasteiger partial charge in [-0.15, -0.1) is 9.24 Å². The number of likely N-dealkylation sites (tertiary alicyclic amines) is 1. The maximum Gasteiger partial charge on any atom is 0.138 e. The number of hydrogen-bond acceptors (Lipinski definition) is 5. The fraction of sp³-hybridized carbons (Fsp3) is 0.500. The van der Waals surface area contributed by atoms with Crippen LogP contribution in [0.4, 0.5) is 0 Å². The van der Waals surface area contributed by atoms with Crippen LogP contribution < -0.4 is 10.6 Å². The van der Waals surface area contributed by atoms with Crippen molar-refractivity contribution in [1.82, 2.24) is 20.1 Å². The van der Waals surface area contributed by atoms with Gasteiger partial charge in [0.05, 0.1) is 5.69 Å². The highest BCUT2D eigenvalue weighted by Crippen LogP contribution is 2.32. The molecule has 5 rings (SSSR count). The van der Waals surface area contributed by atoms with Gasteiger partial charge in [-0.1, -0.05) is 57.5 Å². The molecule has 2 aliphatic rings. The van der Waals surface area contributed by atoms with Gasteiger partial charge in [-0.3, -0.25) is 4.98 Å². The van der Waals surface area contributed by atoms with E-state index in [2.05, 4.69) is 78.2 Å². The highest BCUT2D eigenvalue weighted by molar-refractivity contribution is 7.28. The van der Waals surface area contributed by atoms with Gasteiger partial charge >= 0.3 is 0 Å². The number of phenolic OH excluding ortho intramolecular Hbond substituents is 1. The van der Waals surface area contributed by atoms with Crippen LogP contribution in [0.25, 0.3) is 22.0 Å². The van der Waals surface area contributed by atoms with E-state index in [1.54, 1.807) is 6.07 Å². The summed E-state index contributed by atoms with van der Waals surface area (Å²) >= 11 is 0. The van der Waals surface area contributed by atoms with E-state index in [-0.39, 0.29) is 5.75 Å². The van der Waals surface area contributed by atoms with E-state index < -0.39 is 0 Å². The van der Waals surface area contributed by atoms with Gasteiger partial charge in [-0.05, 0) is 99.9 Å². The molecule has 1 aromatic heterocycles. The molecule has 0 bridgehead atoms. The summed E-state index contributed by atoms with van der Waals surface area (Å²) in [7, 11) is 5.09. The van der Waals surface area contributed by atoms with Crippen LogP contribution in [0.5, 0.6) is 5.75 Å². The van der Waals surface area contributed by atoms with Crippen LogP contribution in [0.15, 0.2) is 59.4 Å². The Hall–Kier alpha value is -2.79. The minimum absolute atomic E-state index is 0.248. The monoisotopic (exact) mass is 601 g/mol. The SMILES string of the molecule is CCC/C=C(\CC)N=C(c1cnc(-c2cc(O)cc3ccccc23)c(P)c1C)N1CC(C)NC(CC)C1.CN1CCCC1. The van der Waals surface area contributed by atoms with Crippen LogP contribution in [0.2, 0.25) is 0 Å². The Kier molecular flexibility index (Phi) is 12.2. The maximum atomic E-state index is 10.4. The van der Waals surface area contributed by atoms with E-state index >= 15 is 0 Å². The van der Waals surface area contributed by atoms with Gasteiger partial charge in [0, 0.05) is 48.2 Å². The molecule has 7 heteroatoms. The Morgan fingerprint density at radius 3 is 2.53 bits per heavy atom. The van der Waals surface area contributed by atoms with Gasteiger partial charge in [0.1, 0.15) is 11.6 Å². The van der Waals surface area contributed by atoms with Crippen LogP contribution >= 0.6 is 9.24 Å².